The minimum absolute atomic E-state index is 0.0623. The Labute approximate surface area is 211 Å². The van der Waals surface area contributed by atoms with Crippen molar-refractivity contribution in [3.8, 4) is 5.75 Å². The lowest BCUT2D eigenvalue weighted by Crippen LogP contribution is -2.48. The van der Waals surface area contributed by atoms with Gasteiger partial charge in [-0.3, -0.25) is 9.59 Å². The van der Waals surface area contributed by atoms with Crippen molar-refractivity contribution in [3.63, 3.8) is 0 Å². The predicted molar refractivity (Wildman–Crippen MR) is 132 cm³/mol. The number of likely N-dealkylation sites (tertiary alicyclic amines) is 1. The molecule has 1 saturated heterocycles. The van der Waals surface area contributed by atoms with Gasteiger partial charge in [0.1, 0.15) is 18.2 Å². The Morgan fingerprint density at radius 3 is 2.60 bits per heavy atom. The van der Waals surface area contributed by atoms with E-state index in [9.17, 15) is 9.59 Å². The van der Waals surface area contributed by atoms with E-state index in [4.69, 9.17) is 16.3 Å². The molecule has 2 amide bonds. The molecule has 0 bridgehead atoms. The van der Waals surface area contributed by atoms with Crippen LogP contribution in [0.25, 0.3) is 0 Å². The molecule has 0 spiro atoms. The Morgan fingerprint density at radius 2 is 1.91 bits per heavy atom. The van der Waals surface area contributed by atoms with E-state index in [0.29, 0.717) is 36.7 Å². The van der Waals surface area contributed by atoms with Crippen LogP contribution in [0, 0.1) is 12.8 Å². The van der Waals surface area contributed by atoms with Gasteiger partial charge in [0.15, 0.2) is 5.82 Å². The number of carbonyl (C=O) groups is 2. The van der Waals surface area contributed by atoms with E-state index in [2.05, 4.69) is 10.2 Å². The van der Waals surface area contributed by atoms with E-state index in [1.54, 1.807) is 0 Å². The van der Waals surface area contributed by atoms with Gasteiger partial charge in [0.2, 0.25) is 11.8 Å². The summed E-state index contributed by atoms with van der Waals surface area (Å²) in [5, 5.41) is 9.03. The Kier molecular flexibility index (Phi) is 7.00. The van der Waals surface area contributed by atoms with Crippen LogP contribution in [0.4, 0.5) is 0 Å². The number of halogens is 1. The van der Waals surface area contributed by atoms with Crippen LogP contribution in [0.15, 0.2) is 12.1 Å². The lowest BCUT2D eigenvalue weighted by atomic mass is 9.85. The quantitative estimate of drug-likeness (QED) is 0.600. The fourth-order valence-electron chi connectivity index (χ4n) is 5.77. The standard InChI is InChI=1S/C26H34ClN5O3/c1-17-28-29-23(30(17)2)16-35-22-11-10-20(27)19-12-14-32(26(34)18-7-4-3-5-8-18)21(25(19)22)15-31-13-6-9-24(31)33/h10-11,18,21H,3-9,12-16H2,1-2H3/t21-/m1/s1. The first-order valence-electron chi connectivity index (χ1n) is 12.8. The first-order chi connectivity index (χ1) is 16.9. The number of carbonyl (C=O) groups excluding carboxylic acids is 2. The Bertz CT molecular complexity index is 1110. The van der Waals surface area contributed by atoms with Gasteiger partial charge in [-0.05, 0) is 50.3 Å². The molecule has 2 aliphatic heterocycles. The number of nitrogens with zero attached hydrogens (tertiary/aromatic N) is 5. The molecule has 188 valence electrons. The largest absolute Gasteiger partial charge is 0.485 e. The molecule has 3 aliphatic rings. The minimum atomic E-state index is -0.273. The fourth-order valence-corrected chi connectivity index (χ4v) is 6.03. The second-order valence-corrected chi connectivity index (χ2v) is 10.4. The summed E-state index contributed by atoms with van der Waals surface area (Å²) < 4.78 is 8.22. The van der Waals surface area contributed by atoms with Gasteiger partial charge >= 0.3 is 0 Å². The number of benzene rings is 1. The molecule has 1 atom stereocenters. The molecule has 1 aliphatic carbocycles. The maximum absolute atomic E-state index is 13.8. The lowest BCUT2D eigenvalue weighted by molar-refractivity contribution is -0.141. The molecule has 2 aromatic rings. The number of aryl methyl sites for hydroxylation is 1. The van der Waals surface area contributed by atoms with Crippen LogP contribution in [-0.4, -0.2) is 56.0 Å². The van der Waals surface area contributed by atoms with Crippen molar-refractivity contribution < 1.29 is 14.3 Å². The summed E-state index contributed by atoms with van der Waals surface area (Å²) in [5.74, 6) is 2.66. The molecule has 1 aromatic heterocycles. The molecule has 3 heterocycles. The summed E-state index contributed by atoms with van der Waals surface area (Å²) in [7, 11) is 1.91. The molecule has 0 radical (unpaired) electrons. The molecule has 2 fully saturated rings. The van der Waals surface area contributed by atoms with Crippen molar-refractivity contribution in [1.82, 2.24) is 24.6 Å². The van der Waals surface area contributed by atoms with Crippen molar-refractivity contribution in [2.24, 2.45) is 13.0 Å². The van der Waals surface area contributed by atoms with Gasteiger partial charge in [-0.2, -0.15) is 0 Å². The van der Waals surface area contributed by atoms with Gasteiger partial charge in [-0.25, -0.2) is 0 Å². The second kappa shape index (κ2) is 10.2. The summed E-state index contributed by atoms with van der Waals surface area (Å²) in [6.07, 6.45) is 7.41. The third-order valence-corrected chi connectivity index (χ3v) is 8.27. The van der Waals surface area contributed by atoms with Crippen molar-refractivity contribution >= 4 is 23.4 Å². The van der Waals surface area contributed by atoms with Crippen molar-refractivity contribution in [3.05, 3.63) is 39.9 Å². The molecule has 8 nitrogen and oxygen atoms in total. The van der Waals surface area contributed by atoms with Crippen LogP contribution >= 0.6 is 11.6 Å². The highest BCUT2D eigenvalue weighted by Gasteiger charge is 2.39. The van der Waals surface area contributed by atoms with Gasteiger partial charge in [-0.15, -0.1) is 10.2 Å². The Balaban J connectivity index is 1.49. The zero-order valence-corrected chi connectivity index (χ0v) is 21.4. The average Bonchev–Trinajstić information content (AvgIpc) is 3.43. The Morgan fingerprint density at radius 1 is 1.11 bits per heavy atom. The maximum Gasteiger partial charge on any atom is 0.226 e. The van der Waals surface area contributed by atoms with E-state index in [1.165, 1.54) is 6.42 Å². The first-order valence-corrected chi connectivity index (χ1v) is 13.2. The topological polar surface area (TPSA) is 80.6 Å². The van der Waals surface area contributed by atoms with Crippen molar-refractivity contribution in [2.75, 3.05) is 19.6 Å². The molecule has 9 heteroatoms. The van der Waals surface area contributed by atoms with Gasteiger partial charge in [-0.1, -0.05) is 30.9 Å². The highest BCUT2D eigenvalue weighted by Crippen LogP contribution is 2.42. The molecule has 0 unspecified atom stereocenters. The third-order valence-electron chi connectivity index (χ3n) is 7.91. The number of amides is 2. The van der Waals surface area contributed by atoms with Crippen LogP contribution in [-0.2, 0) is 29.7 Å². The van der Waals surface area contributed by atoms with Gasteiger partial charge in [0, 0.05) is 49.6 Å². The summed E-state index contributed by atoms with van der Waals surface area (Å²) in [5.41, 5.74) is 1.95. The summed E-state index contributed by atoms with van der Waals surface area (Å²) in [4.78, 5) is 30.3. The number of aromatic nitrogens is 3. The van der Waals surface area contributed by atoms with Gasteiger partial charge in [0.25, 0.3) is 0 Å². The summed E-state index contributed by atoms with van der Waals surface area (Å²) in [6, 6.07) is 3.48. The number of ether oxygens (including phenoxy) is 1. The molecule has 1 aromatic carbocycles. The van der Waals surface area contributed by atoms with Crippen LogP contribution in [0.1, 0.15) is 73.8 Å². The van der Waals surface area contributed by atoms with E-state index < -0.39 is 0 Å². The third kappa shape index (κ3) is 4.77. The number of hydrogen-bond acceptors (Lipinski definition) is 5. The Hall–Kier alpha value is -2.61. The predicted octanol–water partition coefficient (Wildman–Crippen LogP) is 3.98. The highest BCUT2D eigenvalue weighted by atomic mass is 35.5. The van der Waals surface area contributed by atoms with E-state index in [0.717, 1.165) is 61.4 Å². The number of fused-ring (bicyclic) bond motifs is 1. The van der Waals surface area contributed by atoms with Gasteiger partial charge in [0.05, 0.1) is 6.04 Å². The monoisotopic (exact) mass is 499 g/mol. The minimum Gasteiger partial charge on any atom is -0.485 e. The van der Waals surface area contributed by atoms with Crippen LogP contribution in [0.5, 0.6) is 5.75 Å². The zero-order chi connectivity index (χ0) is 24.5. The second-order valence-electron chi connectivity index (χ2n) is 10.0. The first kappa shape index (κ1) is 24.1. The van der Waals surface area contributed by atoms with E-state index in [-0.39, 0.29) is 30.4 Å². The molecular formula is C26H34ClN5O3. The van der Waals surface area contributed by atoms with Crippen LogP contribution in [0.3, 0.4) is 0 Å². The average molecular weight is 500 g/mol. The van der Waals surface area contributed by atoms with Crippen LogP contribution in [0.2, 0.25) is 5.02 Å². The normalized spacial score (nSPS) is 20.9. The molecular weight excluding hydrogens is 466 g/mol. The van der Waals surface area contributed by atoms with E-state index >= 15 is 0 Å². The smallest absolute Gasteiger partial charge is 0.226 e. The molecule has 5 rings (SSSR count). The fraction of sp³-hybridized carbons (Fsp3) is 0.615. The number of rotatable bonds is 6. The van der Waals surface area contributed by atoms with Crippen molar-refractivity contribution in [2.45, 2.75) is 70.9 Å². The zero-order valence-electron chi connectivity index (χ0n) is 20.6. The molecule has 1 saturated carbocycles. The van der Waals surface area contributed by atoms with Gasteiger partial charge < -0.3 is 19.1 Å². The molecule has 0 N–H and O–H groups in total. The summed E-state index contributed by atoms with van der Waals surface area (Å²) in [6.45, 7) is 3.98. The summed E-state index contributed by atoms with van der Waals surface area (Å²) >= 11 is 6.68. The SMILES string of the molecule is Cc1nnc(COc2ccc(Cl)c3c2[C@@H](CN2CCCC2=O)N(C(=O)C2CCCCC2)CC3)n1C. The van der Waals surface area contributed by atoms with E-state index in [1.807, 2.05) is 40.5 Å². The van der Waals surface area contributed by atoms with Crippen LogP contribution < -0.4 is 4.74 Å². The number of hydrogen-bond donors (Lipinski definition) is 0. The molecule has 35 heavy (non-hydrogen) atoms. The highest BCUT2D eigenvalue weighted by molar-refractivity contribution is 6.31. The lowest BCUT2D eigenvalue weighted by Gasteiger charge is -2.42. The van der Waals surface area contributed by atoms with Crippen molar-refractivity contribution in [1.29, 1.82) is 0 Å². The maximum atomic E-state index is 13.8.